The Morgan fingerprint density at radius 3 is 2.45 bits per heavy atom. The lowest BCUT2D eigenvalue weighted by atomic mass is 10.0. The van der Waals surface area contributed by atoms with Gasteiger partial charge in [-0.1, -0.05) is 12.1 Å². The molecule has 1 aromatic heterocycles. The average molecular weight is 402 g/mol. The molecule has 0 saturated heterocycles. The summed E-state index contributed by atoms with van der Waals surface area (Å²) in [5.41, 5.74) is 2.69. The predicted molar refractivity (Wildman–Crippen MR) is 102 cm³/mol. The van der Waals surface area contributed by atoms with Crippen molar-refractivity contribution in [2.24, 2.45) is 0 Å². The molecule has 0 radical (unpaired) electrons. The summed E-state index contributed by atoms with van der Waals surface area (Å²) in [6.45, 7) is 2.12. The highest BCUT2D eigenvalue weighted by Crippen LogP contribution is 2.34. The lowest BCUT2D eigenvalue weighted by Gasteiger charge is -2.25. The molecule has 0 spiro atoms. The molecule has 0 N–H and O–H groups in total. The molecule has 0 saturated carbocycles. The normalized spacial score (nSPS) is 15.1. The number of hydrogen-bond acceptors (Lipinski definition) is 4. The van der Waals surface area contributed by atoms with Crippen LogP contribution in [0.5, 0.6) is 0 Å². The molecule has 0 atom stereocenters. The summed E-state index contributed by atoms with van der Waals surface area (Å²) < 4.78 is 51.9. The monoisotopic (exact) mass is 402 g/mol. The molecule has 3 aromatic rings. The van der Waals surface area contributed by atoms with E-state index >= 15 is 0 Å². The van der Waals surface area contributed by atoms with Crippen molar-refractivity contribution in [2.45, 2.75) is 12.7 Å². The maximum atomic E-state index is 13.7. The van der Waals surface area contributed by atoms with Gasteiger partial charge in [0.25, 0.3) is 0 Å². The van der Waals surface area contributed by atoms with E-state index in [1.807, 2.05) is 30.1 Å². The first-order valence-corrected chi connectivity index (χ1v) is 9.07. The highest BCUT2D eigenvalue weighted by Gasteiger charge is 2.33. The minimum Gasteiger partial charge on any atom is -0.340 e. The van der Waals surface area contributed by atoms with Crippen LogP contribution in [0.1, 0.15) is 11.3 Å². The van der Waals surface area contributed by atoms with Crippen molar-refractivity contribution in [1.82, 2.24) is 15.1 Å². The van der Waals surface area contributed by atoms with Crippen LogP contribution >= 0.6 is 0 Å². The summed E-state index contributed by atoms with van der Waals surface area (Å²) in [7, 11) is 1.99. The van der Waals surface area contributed by atoms with E-state index in [1.165, 1.54) is 18.2 Å². The molecule has 1 aliphatic rings. The SMILES string of the molecule is CN1CCN(c2cccc(F)c2)c2ccc(-c3ccc(C(F)(F)F)nn3)cc2C1. The smallest absolute Gasteiger partial charge is 0.340 e. The third-order valence-corrected chi connectivity index (χ3v) is 4.89. The Labute approximate surface area is 165 Å². The highest BCUT2D eigenvalue weighted by atomic mass is 19.4. The first-order chi connectivity index (χ1) is 13.8. The van der Waals surface area contributed by atoms with Crippen molar-refractivity contribution in [2.75, 3.05) is 25.0 Å². The summed E-state index contributed by atoms with van der Waals surface area (Å²) >= 11 is 0. The average Bonchev–Trinajstić information content (AvgIpc) is 2.85. The van der Waals surface area contributed by atoms with Crippen LogP contribution in [0.15, 0.2) is 54.6 Å². The van der Waals surface area contributed by atoms with E-state index in [-0.39, 0.29) is 5.82 Å². The van der Waals surface area contributed by atoms with Gasteiger partial charge in [0.15, 0.2) is 5.69 Å². The number of rotatable bonds is 2. The standard InChI is InChI=1S/C21H18F4N4/c1-28-9-10-29(17-4-2-3-16(22)12-17)19-7-5-14(11-15(19)13-28)18-6-8-20(27-26-18)21(23,24)25/h2-8,11-12H,9-10,13H2,1H3. The zero-order valence-electron chi connectivity index (χ0n) is 15.6. The van der Waals surface area contributed by atoms with Gasteiger partial charge in [-0.3, -0.25) is 0 Å². The summed E-state index contributed by atoms with van der Waals surface area (Å²) in [6.07, 6.45) is -4.52. The molecule has 29 heavy (non-hydrogen) atoms. The van der Waals surface area contributed by atoms with Crippen LogP contribution in [0.4, 0.5) is 28.9 Å². The topological polar surface area (TPSA) is 32.3 Å². The van der Waals surface area contributed by atoms with Crippen LogP contribution in [-0.2, 0) is 12.7 Å². The Balaban J connectivity index is 1.73. The predicted octanol–water partition coefficient (Wildman–Crippen LogP) is 4.89. The van der Waals surface area contributed by atoms with Crippen LogP contribution in [0, 0.1) is 5.82 Å². The van der Waals surface area contributed by atoms with Gasteiger partial charge in [0.2, 0.25) is 0 Å². The Morgan fingerprint density at radius 2 is 1.76 bits per heavy atom. The van der Waals surface area contributed by atoms with Crippen LogP contribution in [0.25, 0.3) is 11.3 Å². The number of nitrogens with zero attached hydrogens (tertiary/aromatic N) is 4. The Morgan fingerprint density at radius 1 is 0.931 bits per heavy atom. The van der Waals surface area contributed by atoms with Crippen LogP contribution < -0.4 is 4.90 Å². The minimum atomic E-state index is -4.52. The zero-order chi connectivity index (χ0) is 20.6. The first kappa shape index (κ1) is 19.3. The van der Waals surface area contributed by atoms with E-state index in [0.717, 1.165) is 29.5 Å². The first-order valence-electron chi connectivity index (χ1n) is 9.07. The van der Waals surface area contributed by atoms with E-state index in [1.54, 1.807) is 12.1 Å². The second kappa shape index (κ2) is 7.44. The van der Waals surface area contributed by atoms with Crippen molar-refractivity contribution in [3.05, 3.63) is 71.7 Å². The molecule has 0 bridgehead atoms. The number of benzene rings is 2. The summed E-state index contributed by atoms with van der Waals surface area (Å²) in [6, 6.07) is 14.3. The van der Waals surface area contributed by atoms with Crippen molar-refractivity contribution < 1.29 is 17.6 Å². The van der Waals surface area contributed by atoms with E-state index in [4.69, 9.17) is 0 Å². The molecular weight excluding hydrogens is 384 g/mol. The van der Waals surface area contributed by atoms with Gasteiger partial charge in [0.05, 0.1) is 5.69 Å². The van der Waals surface area contributed by atoms with Crippen LogP contribution in [0.3, 0.4) is 0 Å². The van der Waals surface area contributed by atoms with E-state index < -0.39 is 11.9 Å². The van der Waals surface area contributed by atoms with Gasteiger partial charge >= 0.3 is 6.18 Å². The fourth-order valence-electron chi connectivity index (χ4n) is 3.45. The number of likely N-dealkylation sites (N-methyl/N-ethyl adjacent to an activating group) is 1. The molecule has 2 heterocycles. The molecule has 0 aliphatic carbocycles. The number of alkyl halides is 3. The molecule has 4 rings (SSSR count). The maximum absolute atomic E-state index is 13.7. The van der Waals surface area contributed by atoms with Gasteiger partial charge in [0.1, 0.15) is 5.82 Å². The zero-order valence-corrected chi connectivity index (χ0v) is 15.6. The molecule has 150 valence electrons. The third-order valence-electron chi connectivity index (χ3n) is 4.89. The number of hydrogen-bond donors (Lipinski definition) is 0. The fraction of sp³-hybridized carbons (Fsp3) is 0.238. The largest absolute Gasteiger partial charge is 0.435 e. The van der Waals surface area contributed by atoms with Gasteiger partial charge in [-0.2, -0.15) is 13.2 Å². The van der Waals surface area contributed by atoms with Crippen molar-refractivity contribution >= 4 is 11.4 Å². The number of aromatic nitrogens is 2. The van der Waals surface area contributed by atoms with Gasteiger partial charge < -0.3 is 9.80 Å². The molecule has 4 nitrogen and oxygen atoms in total. The molecule has 1 aliphatic heterocycles. The molecule has 8 heteroatoms. The Kier molecular flexibility index (Phi) is 4.96. The molecule has 0 unspecified atom stereocenters. The van der Waals surface area contributed by atoms with Gasteiger partial charge in [0, 0.05) is 36.6 Å². The number of anilines is 2. The second-order valence-corrected chi connectivity index (χ2v) is 7.01. The van der Waals surface area contributed by atoms with Crippen LogP contribution in [0.2, 0.25) is 0 Å². The van der Waals surface area contributed by atoms with E-state index in [0.29, 0.717) is 24.3 Å². The fourth-order valence-corrected chi connectivity index (χ4v) is 3.45. The minimum absolute atomic E-state index is 0.307. The molecule has 0 amide bonds. The summed E-state index contributed by atoms with van der Waals surface area (Å²) in [5.74, 6) is -0.307. The Hall–Kier alpha value is -3.00. The van der Waals surface area contributed by atoms with Crippen LogP contribution in [-0.4, -0.2) is 35.2 Å². The van der Waals surface area contributed by atoms with E-state index in [2.05, 4.69) is 15.1 Å². The summed E-state index contributed by atoms with van der Waals surface area (Å²) in [5, 5.41) is 7.06. The molecule has 0 fully saturated rings. The van der Waals surface area contributed by atoms with Gasteiger partial charge in [-0.25, -0.2) is 4.39 Å². The highest BCUT2D eigenvalue weighted by molar-refractivity contribution is 5.72. The lowest BCUT2D eigenvalue weighted by molar-refractivity contribution is -0.141. The number of fused-ring (bicyclic) bond motifs is 1. The van der Waals surface area contributed by atoms with E-state index in [9.17, 15) is 17.6 Å². The van der Waals surface area contributed by atoms with Crippen molar-refractivity contribution in [3.8, 4) is 11.3 Å². The molecule has 2 aromatic carbocycles. The maximum Gasteiger partial charge on any atom is 0.435 e. The second-order valence-electron chi connectivity index (χ2n) is 7.01. The van der Waals surface area contributed by atoms with Gasteiger partial charge in [-0.05, 0) is 55.1 Å². The Bertz CT molecular complexity index is 1020. The molecular formula is C21H18F4N4. The summed E-state index contributed by atoms with van der Waals surface area (Å²) in [4.78, 5) is 4.18. The van der Waals surface area contributed by atoms with Crippen molar-refractivity contribution in [3.63, 3.8) is 0 Å². The lowest BCUT2D eigenvalue weighted by Crippen LogP contribution is -2.26. The van der Waals surface area contributed by atoms with Gasteiger partial charge in [-0.15, -0.1) is 10.2 Å². The third kappa shape index (κ3) is 4.07. The number of halogens is 4. The quantitative estimate of drug-likeness (QED) is 0.572. The van der Waals surface area contributed by atoms with Crippen molar-refractivity contribution in [1.29, 1.82) is 0 Å².